The van der Waals surface area contributed by atoms with Crippen LogP contribution in [-0.2, 0) is 14.7 Å². The van der Waals surface area contributed by atoms with E-state index >= 15 is 0 Å². The Balaban J connectivity index is 2.63. The quantitative estimate of drug-likeness (QED) is 0.519. The number of nitrogens with zero attached hydrogens (tertiary/aromatic N) is 2. The minimum Gasteiger partial charge on any atom is -0.396 e. The molecule has 0 N–H and O–H groups in total. The Morgan fingerprint density at radius 3 is 2.48 bits per heavy atom. The molecule has 0 amide bonds. The maximum atomic E-state index is 12.2. The predicted molar refractivity (Wildman–Crippen MR) is 79.5 cm³/mol. The van der Waals surface area contributed by atoms with Crippen LogP contribution >= 0.6 is 0 Å². The molecule has 1 atom stereocenters. The molecular weight excluding hydrogens is 333 g/mol. The lowest BCUT2D eigenvalue weighted by molar-refractivity contribution is -0.129. The highest BCUT2D eigenvalue weighted by Gasteiger charge is 2.38. The van der Waals surface area contributed by atoms with Crippen LogP contribution in [-0.4, -0.2) is 37.9 Å². The third-order valence-corrected chi connectivity index (χ3v) is 5.75. The van der Waals surface area contributed by atoms with Gasteiger partial charge >= 0.3 is 6.18 Å². The van der Waals surface area contributed by atoms with Crippen LogP contribution < -0.4 is 0 Å². The van der Waals surface area contributed by atoms with Crippen molar-refractivity contribution in [3.63, 3.8) is 0 Å². The van der Waals surface area contributed by atoms with Crippen LogP contribution in [0.3, 0.4) is 0 Å². The summed E-state index contributed by atoms with van der Waals surface area (Å²) < 4.78 is 60.7. The molecule has 9 heteroatoms. The number of hydrogen-bond donors (Lipinski definition) is 0. The number of rotatable bonds is 7. The van der Waals surface area contributed by atoms with Gasteiger partial charge in [-0.1, -0.05) is 12.1 Å². The Morgan fingerprint density at radius 1 is 1.39 bits per heavy atom. The van der Waals surface area contributed by atoms with E-state index in [2.05, 4.69) is 5.16 Å². The maximum Gasteiger partial charge on any atom is 0.390 e. The van der Waals surface area contributed by atoms with Crippen molar-refractivity contribution < 1.29 is 26.4 Å². The molecule has 5 nitrogen and oxygen atoms in total. The van der Waals surface area contributed by atoms with Crippen molar-refractivity contribution in [1.29, 1.82) is 5.26 Å². The Morgan fingerprint density at radius 2 is 2.00 bits per heavy atom. The van der Waals surface area contributed by atoms with Gasteiger partial charge in [-0.3, -0.25) is 0 Å². The number of halogens is 3. The van der Waals surface area contributed by atoms with Crippen LogP contribution in [0, 0.1) is 17.2 Å². The molecule has 0 aromatic heterocycles. The molecule has 1 aliphatic rings. The fraction of sp³-hybridized carbons (Fsp3) is 0.857. The first kappa shape index (κ1) is 19.7. The van der Waals surface area contributed by atoms with Crippen LogP contribution in [0.1, 0.15) is 45.4 Å². The van der Waals surface area contributed by atoms with Crippen molar-refractivity contribution in [2.75, 3.05) is 12.4 Å². The number of nitriles is 1. The van der Waals surface area contributed by atoms with E-state index in [1.54, 1.807) is 6.07 Å². The third-order valence-electron chi connectivity index (χ3n) is 3.71. The summed E-state index contributed by atoms with van der Waals surface area (Å²) in [6.45, 7) is 2.44. The normalized spacial score (nSPS) is 20.7. The Kier molecular flexibility index (Phi) is 7.32. The van der Waals surface area contributed by atoms with Crippen molar-refractivity contribution in [3.05, 3.63) is 0 Å². The lowest BCUT2D eigenvalue weighted by Gasteiger charge is -2.26. The fourth-order valence-electron chi connectivity index (χ4n) is 2.46. The number of alkyl halides is 3. The predicted octanol–water partition coefficient (Wildman–Crippen LogP) is 3.22. The minimum atomic E-state index is -4.55. The number of oxime groups is 1. The smallest absolute Gasteiger partial charge is 0.390 e. The maximum absolute atomic E-state index is 12.2. The second-order valence-corrected chi connectivity index (χ2v) is 7.85. The highest BCUT2D eigenvalue weighted by molar-refractivity contribution is 7.92. The van der Waals surface area contributed by atoms with Gasteiger partial charge in [-0.15, -0.1) is 0 Å². The Bertz CT molecular complexity index is 543. The molecule has 1 saturated carbocycles. The number of hydrogen-bond acceptors (Lipinski definition) is 5. The largest absolute Gasteiger partial charge is 0.396 e. The SMILES string of the molecule is CCCON=C1CCC(C(C#N)S(=O)(=O)CCC(F)(F)F)CC1. The summed E-state index contributed by atoms with van der Waals surface area (Å²) in [7, 11) is -4.10. The molecule has 1 unspecified atom stereocenters. The average molecular weight is 354 g/mol. The van der Waals surface area contributed by atoms with Crippen molar-refractivity contribution in [3.8, 4) is 6.07 Å². The summed E-state index contributed by atoms with van der Waals surface area (Å²) in [5.74, 6) is -1.49. The van der Waals surface area contributed by atoms with E-state index in [9.17, 15) is 21.6 Å². The molecule has 1 fully saturated rings. The standard InChI is InChI=1S/C14H21F3N2O3S/c1-2-8-22-19-12-5-3-11(4-6-12)13(10-18)23(20,21)9-7-14(15,16)17/h11,13H,2-9H2,1H3. The molecule has 0 heterocycles. The van der Waals surface area contributed by atoms with E-state index in [4.69, 9.17) is 10.1 Å². The van der Waals surface area contributed by atoms with Gasteiger partial charge in [-0.25, -0.2) is 8.42 Å². The first-order valence-electron chi connectivity index (χ1n) is 7.55. The van der Waals surface area contributed by atoms with Gasteiger partial charge in [0, 0.05) is 0 Å². The minimum absolute atomic E-state index is 0.414. The van der Waals surface area contributed by atoms with Gasteiger partial charge in [0.15, 0.2) is 15.1 Å². The van der Waals surface area contributed by atoms with Crippen molar-refractivity contribution >= 4 is 15.5 Å². The van der Waals surface area contributed by atoms with Crippen LogP contribution in [0.4, 0.5) is 13.2 Å². The fourth-order valence-corrected chi connectivity index (χ4v) is 4.25. The van der Waals surface area contributed by atoms with Gasteiger partial charge < -0.3 is 4.84 Å². The molecule has 23 heavy (non-hydrogen) atoms. The second-order valence-electron chi connectivity index (χ2n) is 5.61. The molecule has 0 aliphatic heterocycles. The summed E-state index contributed by atoms with van der Waals surface area (Å²) in [4.78, 5) is 5.07. The zero-order chi connectivity index (χ0) is 17.5. The third kappa shape index (κ3) is 6.77. The molecule has 1 rings (SSSR count). The van der Waals surface area contributed by atoms with Crippen LogP contribution in [0.25, 0.3) is 0 Å². The lowest BCUT2D eigenvalue weighted by atomic mass is 9.86. The van der Waals surface area contributed by atoms with Crippen LogP contribution in [0.2, 0.25) is 0 Å². The molecule has 0 spiro atoms. The topological polar surface area (TPSA) is 79.5 Å². The lowest BCUT2D eigenvalue weighted by Crippen LogP contribution is -2.34. The van der Waals surface area contributed by atoms with E-state index in [0.29, 0.717) is 32.3 Å². The average Bonchev–Trinajstić information content (AvgIpc) is 2.47. The summed E-state index contributed by atoms with van der Waals surface area (Å²) in [5, 5.41) is 11.7. The van der Waals surface area contributed by atoms with E-state index in [1.807, 2.05) is 6.92 Å². The summed E-state index contributed by atoms with van der Waals surface area (Å²) in [6, 6.07) is 1.69. The van der Waals surface area contributed by atoms with E-state index < -0.39 is 39.4 Å². The van der Waals surface area contributed by atoms with E-state index in [0.717, 1.165) is 12.1 Å². The van der Waals surface area contributed by atoms with Gasteiger partial charge in [0.25, 0.3) is 0 Å². The first-order chi connectivity index (χ1) is 10.7. The first-order valence-corrected chi connectivity index (χ1v) is 9.26. The van der Waals surface area contributed by atoms with Crippen molar-refractivity contribution in [2.45, 2.75) is 56.9 Å². The highest BCUT2D eigenvalue weighted by atomic mass is 32.2. The molecule has 0 aromatic rings. The molecule has 132 valence electrons. The van der Waals surface area contributed by atoms with E-state index in [-0.39, 0.29) is 0 Å². The summed E-state index contributed by atoms with van der Waals surface area (Å²) >= 11 is 0. The van der Waals surface area contributed by atoms with Crippen molar-refractivity contribution in [2.24, 2.45) is 11.1 Å². The Labute approximate surface area is 134 Å². The van der Waals surface area contributed by atoms with Gasteiger partial charge in [0.05, 0.1) is 24.0 Å². The van der Waals surface area contributed by atoms with Gasteiger partial charge in [-0.2, -0.15) is 18.4 Å². The van der Waals surface area contributed by atoms with Gasteiger partial charge in [-0.05, 0) is 38.0 Å². The van der Waals surface area contributed by atoms with Crippen LogP contribution in [0.15, 0.2) is 5.16 Å². The molecule has 0 aromatic carbocycles. The molecule has 0 bridgehead atoms. The van der Waals surface area contributed by atoms with Gasteiger partial charge in [0.2, 0.25) is 0 Å². The number of sulfone groups is 1. The zero-order valence-electron chi connectivity index (χ0n) is 13.0. The van der Waals surface area contributed by atoms with Crippen molar-refractivity contribution in [1.82, 2.24) is 0 Å². The van der Waals surface area contributed by atoms with Crippen LogP contribution in [0.5, 0.6) is 0 Å². The van der Waals surface area contributed by atoms with Gasteiger partial charge in [0.1, 0.15) is 6.61 Å². The summed E-state index contributed by atoms with van der Waals surface area (Å²) in [5.41, 5.74) is 0.805. The monoisotopic (exact) mass is 354 g/mol. The molecule has 0 radical (unpaired) electrons. The zero-order valence-corrected chi connectivity index (χ0v) is 13.8. The molecular formula is C14H21F3N2O3S. The van der Waals surface area contributed by atoms with E-state index in [1.165, 1.54) is 0 Å². The second kappa shape index (κ2) is 8.52. The highest BCUT2D eigenvalue weighted by Crippen LogP contribution is 2.30. The molecule has 1 aliphatic carbocycles. The Hall–Kier alpha value is -1.30. The summed E-state index contributed by atoms with van der Waals surface area (Å²) in [6.07, 6.45) is -3.31. The molecule has 0 saturated heterocycles.